The third-order valence-electron chi connectivity index (χ3n) is 4.44. The van der Waals surface area contributed by atoms with E-state index in [4.69, 9.17) is 14.2 Å². The Kier molecular flexibility index (Phi) is 5.46. The van der Waals surface area contributed by atoms with Gasteiger partial charge < -0.3 is 19.1 Å². The lowest BCUT2D eigenvalue weighted by atomic mass is 9.99. The zero-order chi connectivity index (χ0) is 18.7. The van der Waals surface area contributed by atoms with Crippen molar-refractivity contribution in [3.8, 4) is 11.5 Å². The fraction of sp³-hybridized carbons (Fsp3) is 0.368. The van der Waals surface area contributed by atoms with Crippen molar-refractivity contribution in [2.45, 2.75) is 19.9 Å². The number of aryl methyl sites for hydroxylation is 1. The Morgan fingerprint density at radius 3 is 2.46 bits per heavy atom. The fourth-order valence-electron chi connectivity index (χ4n) is 2.96. The number of thiophene rings is 1. The molecule has 0 aliphatic carbocycles. The van der Waals surface area contributed by atoms with Crippen LogP contribution in [0.3, 0.4) is 0 Å². The van der Waals surface area contributed by atoms with E-state index in [0.29, 0.717) is 29.5 Å². The highest BCUT2D eigenvalue weighted by atomic mass is 32.1. The van der Waals surface area contributed by atoms with Crippen LogP contribution in [0.1, 0.15) is 26.4 Å². The summed E-state index contributed by atoms with van der Waals surface area (Å²) in [7, 11) is 3.19. The first-order valence-corrected chi connectivity index (χ1v) is 9.14. The zero-order valence-electron chi connectivity index (χ0n) is 15.0. The van der Waals surface area contributed by atoms with Gasteiger partial charge in [-0.05, 0) is 53.6 Å². The van der Waals surface area contributed by atoms with Crippen LogP contribution in [0.4, 0.5) is 0 Å². The van der Waals surface area contributed by atoms with Gasteiger partial charge in [0.15, 0.2) is 18.1 Å². The van der Waals surface area contributed by atoms with Gasteiger partial charge in [0.05, 0.1) is 14.2 Å². The van der Waals surface area contributed by atoms with Gasteiger partial charge in [-0.25, -0.2) is 4.79 Å². The summed E-state index contributed by atoms with van der Waals surface area (Å²) in [5.41, 5.74) is 3.01. The lowest BCUT2D eigenvalue weighted by Crippen LogP contribution is -2.38. The maximum absolute atomic E-state index is 12.4. The summed E-state index contributed by atoms with van der Waals surface area (Å²) in [5.74, 6) is 0.675. The van der Waals surface area contributed by atoms with Crippen molar-refractivity contribution in [1.29, 1.82) is 0 Å². The van der Waals surface area contributed by atoms with Crippen molar-refractivity contribution in [1.82, 2.24) is 4.90 Å². The van der Waals surface area contributed by atoms with Gasteiger partial charge in [-0.2, -0.15) is 0 Å². The number of rotatable bonds is 5. The highest BCUT2D eigenvalue weighted by Crippen LogP contribution is 2.33. The molecule has 0 saturated heterocycles. The molecular formula is C19H21NO5S. The van der Waals surface area contributed by atoms with Crippen LogP contribution in [0.5, 0.6) is 11.5 Å². The number of methoxy groups -OCH3 is 2. The molecule has 2 heterocycles. The van der Waals surface area contributed by atoms with E-state index in [1.54, 1.807) is 19.1 Å². The Hall–Kier alpha value is -2.54. The number of esters is 1. The van der Waals surface area contributed by atoms with E-state index in [1.165, 1.54) is 11.3 Å². The topological polar surface area (TPSA) is 65.1 Å². The molecule has 0 unspecified atom stereocenters. The number of amides is 1. The minimum absolute atomic E-state index is 0.201. The fourth-order valence-corrected chi connectivity index (χ4v) is 3.78. The molecule has 1 aromatic carbocycles. The Morgan fingerprint density at radius 1 is 1.15 bits per heavy atom. The molecular weight excluding hydrogens is 354 g/mol. The van der Waals surface area contributed by atoms with Crippen LogP contribution < -0.4 is 9.47 Å². The highest BCUT2D eigenvalue weighted by Gasteiger charge is 2.24. The third-order valence-corrected chi connectivity index (χ3v) is 5.44. The van der Waals surface area contributed by atoms with E-state index < -0.39 is 5.97 Å². The van der Waals surface area contributed by atoms with Crippen LogP contribution in [-0.2, 0) is 22.5 Å². The van der Waals surface area contributed by atoms with Crippen LogP contribution in [-0.4, -0.2) is 44.1 Å². The molecule has 0 fully saturated rings. The number of carbonyl (C=O) groups excluding carboxylic acids is 2. The minimum Gasteiger partial charge on any atom is -0.493 e. The first-order chi connectivity index (χ1) is 12.5. The van der Waals surface area contributed by atoms with Gasteiger partial charge in [-0.15, -0.1) is 11.3 Å². The average molecular weight is 375 g/mol. The maximum Gasteiger partial charge on any atom is 0.349 e. The lowest BCUT2D eigenvalue weighted by molar-refractivity contribution is -0.135. The van der Waals surface area contributed by atoms with E-state index in [9.17, 15) is 9.59 Å². The number of ether oxygens (including phenoxy) is 3. The molecule has 7 heteroatoms. The van der Waals surface area contributed by atoms with Crippen LogP contribution in [0.2, 0.25) is 0 Å². The summed E-state index contributed by atoms with van der Waals surface area (Å²) >= 11 is 1.32. The molecule has 26 heavy (non-hydrogen) atoms. The smallest absolute Gasteiger partial charge is 0.349 e. The SMILES string of the molecule is COc1cc2c(cc1OC)CN(C(=O)COC(=O)c1sccc1C)CC2. The summed E-state index contributed by atoms with van der Waals surface area (Å²) < 4.78 is 15.8. The molecule has 138 valence electrons. The predicted octanol–water partition coefficient (Wildman–Crippen LogP) is 2.82. The number of nitrogens with zero attached hydrogens (tertiary/aromatic N) is 1. The summed E-state index contributed by atoms with van der Waals surface area (Å²) in [5, 5.41) is 1.83. The van der Waals surface area contributed by atoms with Crippen LogP contribution in [0.25, 0.3) is 0 Å². The van der Waals surface area contributed by atoms with Crippen LogP contribution >= 0.6 is 11.3 Å². The van der Waals surface area contributed by atoms with Crippen LogP contribution in [0, 0.1) is 6.92 Å². The van der Waals surface area contributed by atoms with Crippen LogP contribution in [0.15, 0.2) is 23.6 Å². The van der Waals surface area contributed by atoms with E-state index in [-0.39, 0.29) is 12.5 Å². The van der Waals surface area contributed by atoms with Gasteiger partial charge in [0.2, 0.25) is 0 Å². The molecule has 0 atom stereocenters. The molecule has 1 aromatic heterocycles. The number of hydrogen-bond donors (Lipinski definition) is 0. The van der Waals surface area contributed by atoms with Gasteiger partial charge in [-0.3, -0.25) is 4.79 Å². The molecule has 0 N–H and O–H groups in total. The second-order valence-corrected chi connectivity index (χ2v) is 6.97. The van der Waals surface area contributed by atoms with Crippen molar-refractivity contribution < 1.29 is 23.8 Å². The van der Waals surface area contributed by atoms with E-state index in [2.05, 4.69) is 0 Å². The molecule has 3 rings (SSSR count). The molecule has 1 aliphatic rings. The Bertz CT molecular complexity index is 829. The third kappa shape index (κ3) is 3.67. The number of hydrogen-bond acceptors (Lipinski definition) is 6. The summed E-state index contributed by atoms with van der Waals surface area (Å²) in [6.07, 6.45) is 0.722. The highest BCUT2D eigenvalue weighted by molar-refractivity contribution is 7.12. The van der Waals surface area contributed by atoms with E-state index in [0.717, 1.165) is 23.1 Å². The monoisotopic (exact) mass is 375 g/mol. The Morgan fingerprint density at radius 2 is 1.85 bits per heavy atom. The molecule has 0 bridgehead atoms. The van der Waals surface area contributed by atoms with Gasteiger partial charge in [-0.1, -0.05) is 0 Å². The van der Waals surface area contributed by atoms with Gasteiger partial charge >= 0.3 is 5.97 Å². The number of fused-ring (bicyclic) bond motifs is 1. The minimum atomic E-state index is -0.449. The predicted molar refractivity (Wildman–Crippen MR) is 98.0 cm³/mol. The Balaban J connectivity index is 1.64. The standard InChI is InChI=1S/C19H21NO5S/c1-12-5-7-26-18(12)19(22)25-11-17(21)20-6-4-13-8-15(23-2)16(24-3)9-14(13)10-20/h5,7-9H,4,6,10-11H2,1-3H3. The number of benzene rings is 1. The molecule has 2 aromatic rings. The molecule has 1 aliphatic heterocycles. The summed E-state index contributed by atoms with van der Waals surface area (Å²) in [4.78, 5) is 26.7. The first-order valence-electron chi connectivity index (χ1n) is 8.26. The average Bonchev–Trinajstić information content (AvgIpc) is 3.10. The second-order valence-electron chi connectivity index (χ2n) is 6.05. The van der Waals surface area contributed by atoms with Gasteiger partial charge in [0.25, 0.3) is 5.91 Å². The first kappa shape index (κ1) is 18.3. The van der Waals surface area contributed by atoms with E-state index >= 15 is 0 Å². The van der Waals surface area contributed by atoms with Gasteiger partial charge in [0.1, 0.15) is 4.88 Å². The molecule has 6 nitrogen and oxygen atoms in total. The normalized spacial score (nSPS) is 13.1. The maximum atomic E-state index is 12.4. The summed E-state index contributed by atoms with van der Waals surface area (Å²) in [6, 6.07) is 5.70. The van der Waals surface area contributed by atoms with Crippen molar-refractivity contribution in [3.05, 3.63) is 45.1 Å². The molecule has 0 saturated carbocycles. The lowest BCUT2D eigenvalue weighted by Gasteiger charge is -2.29. The van der Waals surface area contributed by atoms with Crippen molar-refractivity contribution in [3.63, 3.8) is 0 Å². The largest absolute Gasteiger partial charge is 0.493 e. The second kappa shape index (κ2) is 7.78. The summed E-state index contributed by atoms with van der Waals surface area (Å²) in [6.45, 7) is 2.64. The molecule has 0 radical (unpaired) electrons. The van der Waals surface area contributed by atoms with Crippen molar-refractivity contribution in [2.75, 3.05) is 27.4 Å². The van der Waals surface area contributed by atoms with E-state index in [1.807, 2.05) is 30.5 Å². The molecule has 0 spiro atoms. The van der Waals surface area contributed by atoms with Crippen molar-refractivity contribution in [2.24, 2.45) is 0 Å². The quantitative estimate of drug-likeness (QED) is 0.752. The van der Waals surface area contributed by atoms with Crippen molar-refractivity contribution >= 4 is 23.2 Å². The van der Waals surface area contributed by atoms with Gasteiger partial charge in [0, 0.05) is 13.1 Å². The molecule has 1 amide bonds. The zero-order valence-corrected chi connectivity index (χ0v) is 15.9. The number of carbonyl (C=O) groups is 2. The Labute approximate surface area is 156 Å².